The molecule has 1 amide bonds. The van der Waals surface area contributed by atoms with Crippen LogP contribution in [0.4, 0.5) is 0 Å². The molecular weight excluding hydrogens is 274 g/mol. The Morgan fingerprint density at radius 3 is 3.30 bits per heavy atom. The molecule has 1 aliphatic rings. The van der Waals surface area contributed by atoms with Gasteiger partial charge in [0.05, 0.1) is 34.5 Å². The van der Waals surface area contributed by atoms with Crippen LogP contribution in [0.1, 0.15) is 22.1 Å². The first-order valence-electron chi connectivity index (χ1n) is 6.65. The van der Waals surface area contributed by atoms with Crippen LogP contribution < -0.4 is 10.6 Å². The van der Waals surface area contributed by atoms with E-state index >= 15 is 0 Å². The molecule has 1 aliphatic heterocycles. The number of aromatic amines is 1. The minimum Gasteiger partial charge on any atom is -0.354 e. The summed E-state index contributed by atoms with van der Waals surface area (Å²) in [7, 11) is 0. The molecule has 2 aromatic rings. The van der Waals surface area contributed by atoms with Crippen molar-refractivity contribution in [3.05, 3.63) is 33.8 Å². The molecule has 3 heterocycles. The highest BCUT2D eigenvalue weighted by Gasteiger charge is 2.25. The minimum absolute atomic E-state index is 0.0330. The van der Waals surface area contributed by atoms with Crippen LogP contribution in [0, 0.1) is 6.92 Å². The van der Waals surface area contributed by atoms with Gasteiger partial charge in [0.15, 0.2) is 0 Å². The topological polar surface area (TPSA) is 82.7 Å². The van der Waals surface area contributed by atoms with E-state index in [1.165, 1.54) is 0 Å². The number of amides is 1. The van der Waals surface area contributed by atoms with Gasteiger partial charge in [-0.05, 0) is 6.92 Å². The smallest absolute Gasteiger partial charge is 0.237 e. The van der Waals surface area contributed by atoms with Crippen LogP contribution >= 0.6 is 11.3 Å². The zero-order valence-corrected chi connectivity index (χ0v) is 12.1. The summed E-state index contributed by atoms with van der Waals surface area (Å²) in [5.74, 6) is 0.0330. The third-order valence-corrected chi connectivity index (χ3v) is 4.22. The molecule has 106 valence electrons. The van der Waals surface area contributed by atoms with Crippen molar-refractivity contribution >= 4 is 17.2 Å². The second-order valence-corrected chi connectivity index (χ2v) is 5.93. The normalized spacial score (nSPS) is 17.8. The van der Waals surface area contributed by atoms with Crippen LogP contribution in [0.3, 0.4) is 0 Å². The van der Waals surface area contributed by atoms with Crippen molar-refractivity contribution in [1.29, 1.82) is 0 Å². The van der Waals surface area contributed by atoms with Crippen LogP contribution in [0.25, 0.3) is 0 Å². The lowest BCUT2D eigenvalue weighted by atomic mass is 10.0. The molecule has 2 aromatic heterocycles. The summed E-state index contributed by atoms with van der Waals surface area (Å²) in [4.78, 5) is 23.8. The number of imidazole rings is 1. The van der Waals surface area contributed by atoms with Crippen molar-refractivity contribution in [2.45, 2.75) is 32.4 Å². The fourth-order valence-electron chi connectivity index (χ4n) is 2.31. The summed E-state index contributed by atoms with van der Waals surface area (Å²) in [5.41, 5.74) is 3.10. The van der Waals surface area contributed by atoms with Gasteiger partial charge >= 0.3 is 0 Å². The van der Waals surface area contributed by atoms with Crippen LogP contribution in [-0.4, -0.2) is 33.4 Å². The fraction of sp³-hybridized carbons (Fsp3) is 0.462. The Morgan fingerprint density at radius 1 is 1.60 bits per heavy atom. The van der Waals surface area contributed by atoms with Gasteiger partial charge in [0.25, 0.3) is 0 Å². The number of H-pyrrole nitrogens is 1. The first kappa shape index (κ1) is 13.3. The number of rotatable bonds is 4. The lowest BCUT2D eigenvalue weighted by molar-refractivity contribution is -0.123. The van der Waals surface area contributed by atoms with Crippen molar-refractivity contribution in [1.82, 2.24) is 25.6 Å². The molecule has 6 nitrogen and oxygen atoms in total. The molecule has 0 saturated heterocycles. The van der Waals surface area contributed by atoms with E-state index in [0.717, 1.165) is 28.5 Å². The zero-order valence-electron chi connectivity index (χ0n) is 11.3. The maximum atomic E-state index is 12.1. The average molecular weight is 291 g/mol. The van der Waals surface area contributed by atoms with Gasteiger partial charge in [0.2, 0.25) is 5.91 Å². The van der Waals surface area contributed by atoms with E-state index in [4.69, 9.17) is 0 Å². The molecular formula is C13H17N5OS. The second-order valence-electron chi connectivity index (χ2n) is 4.86. The van der Waals surface area contributed by atoms with E-state index < -0.39 is 0 Å². The van der Waals surface area contributed by atoms with Gasteiger partial charge in [0.1, 0.15) is 0 Å². The Morgan fingerprint density at radius 2 is 2.50 bits per heavy atom. The predicted molar refractivity (Wildman–Crippen MR) is 76.5 cm³/mol. The quantitative estimate of drug-likeness (QED) is 0.768. The maximum absolute atomic E-state index is 12.1. The van der Waals surface area contributed by atoms with Gasteiger partial charge in [-0.2, -0.15) is 0 Å². The number of nitrogens with zero attached hydrogens (tertiary/aromatic N) is 2. The van der Waals surface area contributed by atoms with Crippen LogP contribution in [-0.2, 0) is 24.2 Å². The molecule has 0 spiro atoms. The van der Waals surface area contributed by atoms with Gasteiger partial charge in [-0.1, -0.05) is 0 Å². The predicted octanol–water partition coefficient (Wildman–Crippen LogP) is 0.548. The van der Waals surface area contributed by atoms with E-state index in [0.29, 0.717) is 19.5 Å². The highest BCUT2D eigenvalue weighted by Crippen LogP contribution is 2.12. The molecule has 3 N–H and O–H groups in total. The van der Waals surface area contributed by atoms with E-state index in [2.05, 4.69) is 25.6 Å². The highest BCUT2D eigenvalue weighted by atomic mass is 32.1. The number of fused-ring (bicyclic) bond motifs is 1. The number of carbonyl (C=O) groups excluding carboxylic acids is 1. The molecule has 0 aliphatic carbocycles. The summed E-state index contributed by atoms with van der Waals surface area (Å²) in [5, 5.41) is 9.27. The third kappa shape index (κ3) is 2.88. The lowest BCUT2D eigenvalue weighted by Crippen LogP contribution is -2.48. The summed E-state index contributed by atoms with van der Waals surface area (Å²) < 4.78 is 0. The van der Waals surface area contributed by atoms with Gasteiger partial charge in [-0.3, -0.25) is 10.1 Å². The molecule has 0 bridgehead atoms. The largest absolute Gasteiger partial charge is 0.354 e. The van der Waals surface area contributed by atoms with Crippen molar-refractivity contribution in [3.8, 4) is 0 Å². The maximum Gasteiger partial charge on any atom is 0.237 e. The van der Waals surface area contributed by atoms with Crippen molar-refractivity contribution in [3.63, 3.8) is 0 Å². The number of nitrogens with one attached hydrogen (secondary N) is 3. The van der Waals surface area contributed by atoms with Crippen LogP contribution in [0.2, 0.25) is 0 Å². The molecule has 1 atom stereocenters. The van der Waals surface area contributed by atoms with Crippen molar-refractivity contribution < 1.29 is 4.79 Å². The lowest BCUT2D eigenvalue weighted by Gasteiger charge is -2.22. The summed E-state index contributed by atoms with van der Waals surface area (Å²) in [6.07, 6.45) is 3.09. The van der Waals surface area contributed by atoms with E-state index in [1.807, 2.05) is 12.3 Å². The zero-order chi connectivity index (χ0) is 13.9. The van der Waals surface area contributed by atoms with E-state index in [-0.39, 0.29) is 11.9 Å². The third-order valence-electron chi connectivity index (χ3n) is 3.39. The second kappa shape index (κ2) is 5.72. The van der Waals surface area contributed by atoms with Crippen LogP contribution in [0.15, 0.2) is 11.7 Å². The molecule has 1 unspecified atom stereocenters. The summed E-state index contributed by atoms with van der Waals surface area (Å²) in [6.45, 7) is 3.27. The highest BCUT2D eigenvalue weighted by molar-refractivity contribution is 7.09. The van der Waals surface area contributed by atoms with Gasteiger partial charge in [-0.25, -0.2) is 9.97 Å². The Bertz CT molecular complexity index is 605. The first-order chi connectivity index (χ1) is 9.72. The molecule has 0 saturated carbocycles. The Labute approximate surface area is 121 Å². The van der Waals surface area contributed by atoms with Crippen molar-refractivity contribution in [2.75, 3.05) is 6.54 Å². The number of carbonyl (C=O) groups is 1. The fourth-order valence-corrected chi connectivity index (χ4v) is 2.96. The number of thiazole rings is 1. The van der Waals surface area contributed by atoms with Crippen LogP contribution in [0.5, 0.6) is 0 Å². The Kier molecular flexibility index (Phi) is 3.79. The molecule has 0 radical (unpaired) electrons. The SMILES string of the molecule is Cc1nc(CCNC(=O)C2Cc3nc[nH]c3CN2)cs1. The molecule has 3 rings (SSSR count). The number of hydrogen-bond acceptors (Lipinski definition) is 5. The molecule has 0 aromatic carbocycles. The monoisotopic (exact) mass is 291 g/mol. The van der Waals surface area contributed by atoms with Crippen molar-refractivity contribution in [2.24, 2.45) is 0 Å². The average Bonchev–Trinajstić information content (AvgIpc) is 3.06. The number of aryl methyl sites for hydroxylation is 1. The Hall–Kier alpha value is -1.73. The first-order valence-corrected chi connectivity index (χ1v) is 7.53. The van der Waals surface area contributed by atoms with Gasteiger partial charge in [0, 0.05) is 31.3 Å². The summed E-state index contributed by atoms with van der Waals surface area (Å²) in [6, 6.07) is -0.192. The molecule has 7 heteroatoms. The Balaban J connectivity index is 1.48. The standard InChI is InChI=1S/C13H17N5OS/c1-8-18-9(6-20-8)2-3-14-13(19)11-4-10-12(5-15-11)17-7-16-10/h6-7,11,15H,2-5H2,1H3,(H,14,19)(H,16,17). The minimum atomic E-state index is -0.192. The molecule has 0 fully saturated rings. The number of aromatic nitrogens is 3. The van der Waals surface area contributed by atoms with E-state index in [1.54, 1.807) is 17.7 Å². The van der Waals surface area contributed by atoms with E-state index in [9.17, 15) is 4.79 Å². The molecule has 20 heavy (non-hydrogen) atoms. The van der Waals surface area contributed by atoms with Gasteiger partial charge in [-0.15, -0.1) is 11.3 Å². The van der Waals surface area contributed by atoms with Gasteiger partial charge < -0.3 is 10.3 Å². The summed E-state index contributed by atoms with van der Waals surface area (Å²) >= 11 is 1.64. The number of hydrogen-bond donors (Lipinski definition) is 3.